The van der Waals surface area contributed by atoms with Gasteiger partial charge in [0, 0.05) is 43.7 Å². The fourth-order valence-electron chi connectivity index (χ4n) is 6.93. The third-order valence-corrected chi connectivity index (χ3v) is 8.98. The Morgan fingerprint density at radius 1 is 0.821 bits per heavy atom. The Balaban J connectivity index is 1.13. The Bertz CT molecular complexity index is 635. The van der Waals surface area contributed by atoms with Gasteiger partial charge in [0.1, 0.15) is 0 Å². The number of morpholine rings is 3. The zero-order valence-corrected chi connectivity index (χ0v) is 17.6. The van der Waals surface area contributed by atoms with Crippen molar-refractivity contribution < 1.29 is 14.2 Å². The third-order valence-electron chi connectivity index (χ3n) is 8.98. The zero-order chi connectivity index (χ0) is 19.1. The molecule has 0 bridgehead atoms. The van der Waals surface area contributed by atoms with Crippen LogP contribution in [0.1, 0.15) is 52.9 Å². The largest absolute Gasteiger partial charge is 0.372 e. The minimum Gasteiger partial charge on any atom is -0.372 e. The maximum atomic E-state index is 6.95. The van der Waals surface area contributed by atoms with Crippen LogP contribution in [0.5, 0.6) is 0 Å². The molecule has 3 heterocycles. The van der Waals surface area contributed by atoms with Gasteiger partial charge in [0.25, 0.3) is 0 Å². The van der Waals surface area contributed by atoms with E-state index in [-0.39, 0.29) is 16.8 Å². The lowest BCUT2D eigenvalue weighted by Gasteiger charge is -2.56. The minimum atomic E-state index is 0.000152. The van der Waals surface area contributed by atoms with E-state index in [1.54, 1.807) is 0 Å². The highest BCUT2D eigenvalue weighted by atomic mass is 16.5. The smallest absolute Gasteiger partial charge is 0.0885 e. The molecule has 3 saturated carbocycles. The maximum absolute atomic E-state index is 6.95. The predicted octanol–water partition coefficient (Wildman–Crippen LogP) is 1.19. The minimum absolute atomic E-state index is 0.000152. The van der Waals surface area contributed by atoms with Crippen molar-refractivity contribution in [2.45, 2.75) is 100 Å². The first-order chi connectivity index (χ1) is 13.5. The van der Waals surface area contributed by atoms with Crippen LogP contribution in [0.4, 0.5) is 0 Å². The van der Waals surface area contributed by atoms with Crippen molar-refractivity contribution >= 4 is 0 Å². The van der Waals surface area contributed by atoms with Gasteiger partial charge in [-0.15, -0.1) is 0 Å². The third kappa shape index (κ3) is 2.61. The van der Waals surface area contributed by atoms with Gasteiger partial charge in [-0.2, -0.15) is 0 Å². The van der Waals surface area contributed by atoms with Crippen LogP contribution in [0.2, 0.25) is 0 Å². The Morgan fingerprint density at radius 2 is 1.64 bits per heavy atom. The molecule has 3 aliphatic heterocycles. The number of rotatable bonds is 2. The first kappa shape index (κ1) is 18.5. The van der Waals surface area contributed by atoms with E-state index in [4.69, 9.17) is 14.2 Å². The van der Waals surface area contributed by atoms with Crippen LogP contribution < -0.4 is 16.0 Å². The Labute approximate surface area is 168 Å². The molecule has 0 aromatic carbocycles. The predicted molar refractivity (Wildman–Crippen MR) is 106 cm³/mol. The van der Waals surface area contributed by atoms with Crippen molar-refractivity contribution in [3.8, 4) is 0 Å². The summed E-state index contributed by atoms with van der Waals surface area (Å²) in [5, 5.41) is 11.3. The zero-order valence-electron chi connectivity index (χ0n) is 17.6. The van der Waals surface area contributed by atoms with Gasteiger partial charge in [0.2, 0.25) is 0 Å². The lowest BCUT2D eigenvalue weighted by atomic mass is 9.64. The summed E-state index contributed by atoms with van der Waals surface area (Å²) in [6, 6.07) is 1.34. The van der Waals surface area contributed by atoms with Crippen molar-refractivity contribution in [3.63, 3.8) is 0 Å². The monoisotopic (exact) mass is 391 g/mol. The highest BCUT2D eigenvalue weighted by Crippen LogP contribution is 2.61. The number of nitrogens with one attached hydrogen (secondary N) is 3. The molecule has 6 heteroatoms. The molecule has 0 radical (unpaired) electrons. The molecular weight excluding hydrogens is 354 g/mol. The van der Waals surface area contributed by atoms with Crippen molar-refractivity contribution in [1.82, 2.24) is 16.0 Å². The summed E-state index contributed by atoms with van der Waals surface area (Å²) >= 11 is 0. The van der Waals surface area contributed by atoms with E-state index < -0.39 is 0 Å². The SMILES string of the molecule is CC1CNC(C2CC23OC(C2CC4(C2)OCCNC4C)CNC3C)C2(CC2)O1. The summed E-state index contributed by atoms with van der Waals surface area (Å²) < 4.78 is 19.6. The highest BCUT2D eigenvalue weighted by molar-refractivity contribution is 5.24. The van der Waals surface area contributed by atoms with Crippen LogP contribution in [-0.4, -0.2) is 73.4 Å². The van der Waals surface area contributed by atoms with Crippen LogP contribution in [0.15, 0.2) is 0 Å². The molecule has 3 spiro atoms. The summed E-state index contributed by atoms with van der Waals surface area (Å²) in [7, 11) is 0. The van der Waals surface area contributed by atoms with Crippen LogP contribution in [-0.2, 0) is 14.2 Å². The van der Waals surface area contributed by atoms with E-state index in [1.165, 1.54) is 19.3 Å². The van der Waals surface area contributed by atoms with Crippen molar-refractivity contribution in [3.05, 3.63) is 0 Å². The molecule has 7 atom stereocenters. The molecule has 3 N–H and O–H groups in total. The maximum Gasteiger partial charge on any atom is 0.0885 e. The van der Waals surface area contributed by atoms with Crippen LogP contribution in [0, 0.1) is 11.8 Å². The molecule has 6 fully saturated rings. The highest BCUT2D eigenvalue weighted by Gasteiger charge is 2.71. The van der Waals surface area contributed by atoms with Gasteiger partial charge in [-0.25, -0.2) is 0 Å². The lowest BCUT2D eigenvalue weighted by molar-refractivity contribution is -0.210. The Hall–Kier alpha value is -0.240. The van der Waals surface area contributed by atoms with E-state index in [0.717, 1.165) is 39.1 Å². The molecule has 6 nitrogen and oxygen atoms in total. The standard InChI is InChI=1S/C22H37N3O3/c1-13-11-25-19(20(27-13)4-5-20)17-10-22(17)15(3)24-12-18(28-22)16-8-21(9-16)14(2)23-6-7-26-21/h13-19,23-25H,4-12H2,1-3H3. The van der Waals surface area contributed by atoms with Crippen LogP contribution in [0.3, 0.4) is 0 Å². The Kier molecular flexibility index (Phi) is 4.06. The molecular formula is C22H37N3O3. The number of hydrogen-bond acceptors (Lipinski definition) is 6. The summed E-state index contributed by atoms with van der Waals surface area (Å²) in [6.07, 6.45) is 6.51. The molecule has 7 unspecified atom stereocenters. The fourth-order valence-corrected chi connectivity index (χ4v) is 6.93. The van der Waals surface area contributed by atoms with E-state index in [2.05, 4.69) is 36.7 Å². The van der Waals surface area contributed by atoms with Crippen LogP contribution >= 0.6 is 0 Å². The molecule has 0 aromatic rings. The van der Waals surface area contributed by atoms with Gasteiger partial charge in [-0.1, -0.05) is 0 Å². The molecule has 6 rings (SSSR count). The average molecular weight is 392 g/mol. The fraction of sp³-hybridized carbons (Fsp3) is 1.00. The van der Waals surface area contributed by atoms with E-state index >= 15 is 0 Å². The normalized spacial score (nSPS) is 57.3. The quantitative estimate of drug-likeness (QED) is 0.657. The van der Waals surface area contributed by atoms with Gasteiger partial charge >= 0.3 is 0 Å². The first-order valence-electron chi connectivity index (χ1n) is 11.7. The lowest BCUT2D eigenvalue weighted by Crippen LogP contribution is -2.67. The molecule has 158 valence electrons. The van der Waals surface area contributed by atoms with Gasteiger partial charge in [-0.3, -0.25) is 0 Å². The molecule has 3 saturated heterocycles. The van der Waals surface area contributed by atoms with Crippen LogP contribution in [0.25, 0.3) is 0 Å². The van der Waals surface area contributed by atoms with Gasteiger partial charge < -0.3 is 30.2 Å². The van der Waals surface area contributed by atoms with E-state index in [0.29, 0.717) is 42.2 Å². The first-order valence-corrected chi connectivity index (χ1v) is 11.7. The van der Waals surface area contributed by atoms with Crippen molar-refractivity contribution in [2.75, 3.05) is 26.2 Å². The van der Waals surface area contributed by atoms with Gasteiger partial charge in [0.15, 0.2) is 0 Å². The van der Waals surface area contributed by atoms with E-state index in [1.807, 2.05) is 0 Å². The topological polar surface area (TPSA) is 63.8 Å². The average Bonchev–Trinajstić information content (AvgIpc) is 3.55. The van der Waals surface area contributed by atoms with Crippen molar-refractivity contribution in [1.29, 1.82) is 0 Å². The van der Waals surface area contributed by atoms with E-state index in [9.17, 15) is 0 Å². The number of ether oxygens (including phenoxy) is 3. The molecule has 28 heavy (non-hydrogen) atoms. The second-order valence-corrected chi connectivity index (χ2v) is 10.7. The summed E-state index contributed by atoms with van der Waals surface area (Å²) in [5.74, 6) is 1.19. The second kappa shape index (κ2) is 6.14. The molecule has 3 aliphatic carbocycles. The van der Waals surface area contributed by atoms with Gasteiger partial charge in [0.05, 0.1) is 35.6 Å². The number of hydrogen-bond donors (Lipinski definition) is 3. The molecule has 0 amide bonds. The Morgan fingerprint density at radius 3 is 2.39 bits per heavy atom. The molecule has 6 aliphatic rings. The van der Waals surface area contributed by atoms with Gasteiger partial charge in [-0.05, 0) is 58.8 Å². The summed E-state index contributed by atoms with van der Waals surface area (Å²) in [5.41, 5.74) is 0.151. The summed E-state index contributed by atoms with van der Waals surface area (Å²) in [6.45, 7) is 10.6. The second-order valence-electron chi connectivity index (χ2n) is 10.7. The molecule has 0 aromatic heterocycles. The van der Waals surface area contributed by atoms with Crippen molar-refractivity contribution in [2.24, 2.45) is 11.8 Å². The summed E-state index contributed by atoms with van der Waals surface area (Å²) in [4.78, 5) is 0.